The number of nitrogens with two attached hydrogens (primary N) is 1. The summed E-state index contributed by atoms with van der Waals surface area (Å²) < 4.78 is 2.15. The Morgan fingerprint density at radius 2 is 2.04 bits per heavy atom. The zero-order valence-corrected chi connectivity index (χ0v) is 14.8. The van der Waals surface area contributed by atoms with Gasteiger partial charge in [-0.05, 0) is 44.2 Å². The number of para-hydroxylation sites is 1. The number of nitrogens with zero attached hydrogens (tertiary/aromatic N) is 1. The highest BCUT2D eigenvalue weighted by atomic mass is 16.2. The van der Waals surface area contributed by atoms with Crippen molar-refractivity contribution < 1.29 is 4.79 Å². The predicted molar refractivity (Wildman–Crippen MR) is 99.0 cm³/mol. The van der Waals surface area contributed by atoms with Crippen LogP contribution in [0.2, 0.25) is 0 Å². The Morgan fingerprint density at radius 3 is 2.75 bits per heavy atom. The number of hydrogen-bond acceptors (Lipinski definition) is 2. The average molecular weight is 327 g/mol. The second-order valence-corrected chi connectivity index (χ2v) is 7.09. The van der Waals surface area contributed by atoms with Gasteiger partial charge in [0.25, 0.3) is 0 Å². The number of fused-ring (bicyclic) bond motifs is 1. The van der Waals surface area contributed by atoms with E-state index in [1.54, 1.807) is 0 Å². The molecule has 1 aromatic carbocycles. The Kier molecular flexibility index (Phi) is 5.24. The molecule has 2 aromatic rings. The number of carbonyl (C=O) groups is 1. The molecule has 4 heteroatoms. The van der Waals surface area contributed by atoms with Crippen LogP contribution in [0.5, 0.6) is 0 Å². The topological polar surface area (TPSA) is 60.0 Å². The van der Waals surface area contributed by atoms with Gasteiger partial charge in [-0.25, -0.2) is 0 Å². The van der Waals surface area contributed by atoms with E-state index in [2.05, 4.69) is 41.9 Å². The molecule has 0 bridgehead atoms. The molecule has 1 aliphatic carbocycles. The van der Waals surface area contributed by atoms with Gasteiger partial charge in [0.2, 0.25) is 5.91 Å². The van der Waals surface area contributed by atoms with Crippen LogP contribution in [-0.2, 0) is 17.8 Å². The molecule has 3 N–H and O–H groups in total. The number of hydrogen-bond donors (Lipinski definition) is 2. The zero-order valence-electron chi connectivity index (χ0n) is 14.8. The van der Waals surface area contributed by atoms with Gasteiger partial charge in [-0.3, -0.25) is 4.79 Å². The highest BCUT2D eigenvalue weighted by Crippen LogP contribution is 2.27. The van der Waals surface area contributed by atoms with E-state index in [1.165, 1.54) is 29.5 Å². The van der Waals surface area contributed by atoms with Crippen molar-refractivity contribution in [2.45, 2.75) is 71.0 Å². The maximum atomic E-state index is 12.5. The number of carbonyl (C=O) groups excluding carboxylic acids is 1. The van der Waals surface area contributed by atoms with E-state index in [0.717, 1.165) is 31.2 Å². The minimum absolute atomic E-state index is 0.122. The molecule has 24 heavy (non-hydrogen) atoms. The van der Waals surface area contributed by atoms with Crippen LogP contribution in [0, 0.1) is 6.92 Å². The van der Waals surface area contributed by atoms with Gasteiger partial charge in [-0.15, -0.1) is 0 Å². The van der Waals surface area contributed by atoms with Crippen molar-refractivity contribution in [3.63, 3.8) is 0 Å². The summed E-state index contributed by atoms with van der Waals surface area (Å²) in [6.07, 6.45) is 6.52. The first-order valence-electron chi connectivity index (χ1n) is 9.21. The molecule has 0 radical (unpaired) electrons. The fourth-order valence-corrected chi connectivity index (χ4v) is 3.86. The molecule has 1 saturated carbocycles. The lowest BCUT2D eigenvalue weighted by Crippen LogP contribution is -2.35. The molecule has 1 aliphatic rings. The summed E-state index contributed by atoms with van der Waals surface area (Å²) in [4.78, 5) is 12.5. The largest absolute Gasteiger partial charge is 0.352 e. The monoisotopic (exact) mass is 327 g/mol. The molecule has 1 atom stereocenters. The summed E-state index contributed by atoms with van der Waals surface area (Å²) in [6.45, 7) is 4.62. The SMILES string of the molecule is CCC(N)Cc1c(C)n(CC(=O)NC2CCCC2)c2ccccc12. The van der Waals surface area contributed by atoms with Crippen LogP contribution in [0.25, 0.3) is 10.9 Å². The normalized spacial score (nSPS) is 16.6. The lowest BCUT2D eigenvalue weighted by Gasteiger charge is -2.14. The first kappa shape index (κ1) is 17.0. The fourth-order valence-electron chi connectivity index (χ4n) is 3.86. The summed E-state index contributed by atoms with van der Waals surface area (Å²) >= 11 is 0. The molecule has 1 aromatic heterocycles. The molecular formula is C20H29N3O. The molecule has 1 fully saturated rings. The minimum Gasteiger partial charge on any atom is -0.352 e. The maximum absolute atomic E-state index is 12.5. The van der Waals surface area contributed by atoms with Gasteiger partial charge in [0.1, 0.15) is 6.54 Å². The Bertz CT molecular complexity index is 713. The number of amides is 1. The second kappa shape index (κ2) is 7.39. The van der Waals surface area contributed by atoms with Crippen molar-refractivity contribution in [3.8, 4) is 0 Å². The summed E-state index contributed by atoms with van der Waals surface area (Å²) in [7, 11) is 0. The first-order chi connectivity index (χ1) is 11.6. The maximum Gasteiger partial charge on any atom is 0.240 e. The molecule has 1 amide bonds. The molecular weight excluding hydrogens is 298 g/mol. The van der Waals surface area contributed by atoms with E-state index >= 15 is 0 Å². The molecule has 1 heterocycles. The Hall–Kier alpha value is -1.81. The van der Waals surface area contributed by atoms with Crippen LogP contribution in [0.3, 0.4) is 0 Å². The van der Waals surface area contributed by atoms with Crippen molar-refractivity contribution >= 4 is 16.8 Å². The van der Waals surface area contributed by atoms with Gasteiger partial charge in [-0.1, -0.05) is 38.0 Å². The van der Waals surface area contributed by atoms with Crippen LogP contribution in [-0.4, -0.2) is 22.6 Å². The third-order valence-corrected chi connectivity index (χ3v) is 5.37. The van der Waals surface area contributed by atoms with Crippen molar-refractivity contribution in [2.75, 3.05) is 0 Å². The van der Waals surface area contributed by atoms with Gasteiger partial charge in [-0.2, -0.15) is 0 Å². The average Bonchev–Trinajstić information content (AvgIpc) is 3.17. The van der Waals surface area contributed by atoms with Crippen LogP contribution < -0.4 is 11.1 Å². The van der Waals surface area contributed by atoms with Crippen molar-refractivity contribution in [1.82, 2.24) is 9.88 Å². The number of rotatable bonds is 6. The van der Waals surface area contributed by atoms with Crippen molar-refractivity contribution in [1.29, 1.82) is 0 Å². The highest BCUT2D eigenvalue weighted by molar-refractivity contribution is 5.87. The number of benzene rings is 1. The lowest BCUT2D eigenvalue weighted by atomic mass is 10.0. The predicted octanol–water partition coefficient (Wildman–Crippen LogP) is 3.29. The zero-order chi connectivity index (χ0) is 17.1. The number of nitrogens with one attached hydrogen (secondary N) is 1. The third-order valence-electron chi connectivity index (χ3n) is 5.37. The summed E-state index contributed by atoms with van der Waals surface area (Å²) in [5.41, 5.74) is 9.78. The van der Waals surface area contributed by atoms with E-state index in [4.69, 9.17) is 5.73 Å². The summed E-state index contributed by atoms with van der Waals surface area (Å²) in [5.74, 6) is 0.122. The van der Waals surface area contributed by atoms with E-state index in [9.17, 15) is 4.79 Å². The lowest BCUT2D eigenvalue weighted by molar-refractivity contribution is -0.122. The van der Waals surface area contributed by atoms with Crippen LogP contribution in [0.15, 0.2) is 24.3 Å². The molecule has 0 aliphatic heterocycles. The van der Waals surface area contributed by atoms with E-state index < -0.39 is 0 Å². The van der Waals surface area contributed by atoms with Gasteiger partial charge >= 0.3 is 0 Å². The number of aromatic nitrogens is 1. The summed E-state index contributed by atoms with van der Waals surface area (Å²) in [5, 5.41) is 4.43. The molecule has 4 nitrogen and oxygen atoms in total. The molecule has 3 rings (SSSR count). The van der Waals surface area contributed by atoms with E-state index in [1.807, 2.05) is 6.07 Å². The van der Waals surface area contributed by atoms with Gasteiger partial charge in [0.15, 0.2) is 0 Å². The Morgan fingerprint density at radius 1 is 1.33 bits per heavy atom. The molecule has 0 spiro atoms. The van der Waals surface area contributed by atoms with Gasteiger partial charge in [0, 0.05) is 28.7 Å². The second-order valence-electron chi connectivity index (χ2n) is 7.09. The standard InChI is InChI=1S/C20H29N3O/c1-3-15(21)12-18-14(2)23(19-11-7-6-10-17(18)19)13-20(24)22-16-8-4-5-9-16/h6-7,10-11,15-16H,3-5,8-9,12-13,21H2,1-2H3,(H,22,24). The Labute approximate surface area is 144 Å². The highest BCUT2D eigenvalue weighted by Gasteiger charge is 2.20. The molecule has 0 saturated heterocycles. The van der Waals surface area contributed by atoms with Crippen molar-refractivity contribution in [3.05, 3.63) is 35.5 Å². The molecule has 1 unspecified atom stereocenters. The van der Waals surface area contributed by atoms with Crippen molar-refractivity contribution in [2.24, 2.45) is 5.73 Å². The van der Waals surface area contributed by atoms with Crippen LogP contribution in [0.1, 0.15) is 50.3 Å². The Balaban J connectivity index is 1.86. The van der Waals surface area contributed by atoms with Crippen LogP contribution in [0.4, 0.5) is 0 Å². The van der Waals surface area contributed by atoms with Gasteiger partial charge < -0.3 is 15.6 Å². The molecule has 130 valence electrons. The fraction of sp³-hybridized carbons (Fsp3) is 0.550. The third kappa shape index (κ3) is 3.48. The van der Waals surface area contributed by atoms with E-state index in [-0.39, 0.29) is 11.9 Å². The van der Waals surface area contributed by atoms with E-state index in [0.29, 0.717) is 12.6 Å². The van der Waals surface area contributed by atoms with Crippen LogP contribution >= 0.6 is 0 Å². The first-order valence-corrected chi connectivity index (χ1v) is 9.21. The van der Waals surface area contributed by atoms with Gasteiger partial charge in [0.05, 0.1) is 0 Å². The summed E-state index contributed by atoms with van der Waals surface area (Å²) in [6, 6.07) is 8.88. The minimum atomic E-state index is 0.122. The smallest absolute Gasteiger partial charge is 0.240 e. The quantitative estimate of drug-likeness (QED) is 0.855.